The molecule has 5 nitrogen and oxygen atoms in total. The van der Waals surface area contributed by atoms with Crippen molar-refractivity contribution in [3.05, 3.63) is 28.8 Å². The van der Waals surface area contributed by atoms with E-state index in [0.29, 0.717) is 16.3 Å². The van der Waals surface area contributed by atoms with Gasteiger partial charge in [0.15, 0.2) is 0 Å². The first kappa shape index (κ1) is 12.3. The van der Waals surface area contributed by atoms with Gasteiger partial charge in [-0.2, -0.15) is 5.26 Å². The second-order valence-electron chi connectivity index (χ2n) is 2.79. The smallest absolute Gasteiger partial charge is 0.411 e. The Hall–Kier alpha value is -1.77. The maximum atomic E-state index is 11.1. The quantitative estimate of drug-likeness (QED) is 0.843. The zero-order valence-electron chi connectivity index (χ0n) is 8.24. The average Bonchev–Trinajstić information content (AvgIpc) is 2.29. The van der Waals surface area contributed by atoms with Crippen LogP contribution >= 0.6 is 11.6 Å². The van der Waals surface area contributed by atoms with Gasteiger partial charge in [-0.05, 0) is 18.2 Å². The number of rotatable bonds is 3. The third-order valence-electron chi connectivity index (χ3n) is 1.66. The van der Waals surface area contributed by atoms with E-state index in [0.717, 1.165) is 0 Å². The number of halogens is 1. The Bertz CT molecular complexity index is 429. The number of aliphatic hydroxyl groups is 1. The van der Waals surface area contributed by atoms with E-state index >= 15 is 0 Å². The summed E-state index contributed by atoms with van der Waals surface area (Å²) in [5.41, 5.74) is 0.672. The van der Waals surface area contributed by atoms with Crippen molar-refractivity contribution in [3.63, 3.8) is 0 Å². The van der Waals surface area contributed by atoms with Crippen LogP contribution in [0.15, 0.2) is 18.2 Å². The zero-order chi connectivity index (χ0) is 12.0. The predicted molar refractivity (Wildman–Crippen MR) is 58.2 cm³/mol. The van der Waals surface area contributed by atoms with Gasteiger partial charge in [0.25, 0.3) is 0 Å². The summed E-state index contributed by atoms with van der Waals surface area (Å²) >= 11 is 5.80. The van der Waals surface area contributed by atoms with Gasteiger partial charge < -0.3 is 9.84 Å². The molecule has 0 saturated heterocycles. The van der Waals surface area contributed by atoms with E-state index in [-0.39, 0.29) is 13.2 Å². The van der Waals surface area contributed by atoms with E-state index in [1.807, 2.05) is 6.07 Å². The first-order valence-electron chi connectivity index (χ1n) is 4.41. The van der Waals surface area contributed by atoms with Crippen LogP contribution in [-0.4, -0.2) is 24.4 Å². The summed E-state index contributed by atoms with van der Waals surface area (Å²) in [7, 11) is 0. The summed E-state index contributed by atoms with van der Waals surface area (Å²) in [6.45, 7) is -0.346. The van der Waals surface area contributed by atoms with Gasteiger partial charge in [0.05, 0.1) is 28.9 Å². The first-order valence-corrected chi connectivity index (χ1v) is 4.79. The molecule has 0 bridgehead atoms. The standard InChI is InChI=1S/C10H9ClN2O3/c11-8-2-1-7(6-12)5-9(8)13-10(15)16-4-3-14/h1-2,5,14H,3-4H2,(H,13,15). The van der Waals surface area contributed by atoms with E-state index in [9.17, 15) is 4.79 Å². The normalized spacial score (nSPS) is 9.31. The number of nitriles is 1. The van der Waals surface area contributed by atoms with Crippen molar-refractivity contribution in [1.29, 1.82) is 5.26 Å². The molecule has 1 amide bonds. The predicted octanol–water partition coefficient (Wildman–Crippen LogP) is 1.75. The zero-order valence-corrected chi connectivity index (χ0v) is 8.99. The molecule has 0 aliphatic heterocycles. The number of anilines is 1. The number of aliphatic hydroxyl groups excluding tert-OH is 1. The van der Waals surface area contributed by atoms with Crippen LogP contribution in [0.3, 0.4) is 0 Å². The van der Waals surface area contributed by atoms with Gasteiger partial charge in [0.2, 0.25) is 0 Å². The molecule has 1 aromatic carbocycles. The number of benzene rings is 1. The minimum atomic E-state index is -0.731. The molecule has 0 aliphatic rings. The molecule has 1 rings (SSSR count). The summed E-state index contributed by atoms with van der Waals surface area (Å²) < 4.78 is 4.58. The van der Waals surface area contributed by atoms with E-state index in [1.165, 1.54) is 18.2 Å². The molecule has 0 radical (unpaired) electrons. The second kappa shape index (κ2) is 5.95. The fraction of sp³-hybridized carbons (Fsp3) is 0.200. The lowest BCUT2D eigenvalue weighted by Gasteiger charge is -2.07. The van der Waals surface area contributed by atoms with Crippen molar-refractivity contribution in [2.24, 2.45) is 0 Å². The van der Waals surface area contributed by atoms with Crippen molar-refractivity contribution in [2.75, 3.05) is 18.5 Å². The van der Waals surface area contributed by atoms with Crippen molar-refractivity contribution in [1.82, 2.24) is 0 Å². The summed E-state index contributed by atoms with van der Waals surface area (Å²) in [4.78, 5) is 11.1. The van der Waals surface area contributed by atoms with E-state index < -0.39 is 6.09 Å². The largest absolute Gasteiger partial charge is 0.447 e. The second-order valence-corrected chi connectivity index (χ2v) is 3.20. The highest BCUT2D eigenvalue weighted by Crippen LogP contribution is 2.22. The average molecular weight is 241 g/mol. The van der Waals surface area contributed by atoms with Gasteiger partial charge in [-0.25, -0.2) is 4.79 Å². The molecule has 0 aromatic heterocycles. The number of amides is 1. The highest BCUT2D eigenvalue weighted by Gasteiger charge is 2.07. The van der Waals surface area contributed by atoms with Crippen molar-refractivity contribution in [2.45, 2.75) is 0 Å². The molecule has 0 fully saturated rings. The number of ether oxygens (including phenoxy) is 1. The van der Waals surface area contributed by atoms with Crippen LogP contribution in [0.1, 0.15) is 5.56 Å². The monoisotopic (exact) mass is 240 g/mol. The molecule has 0 unspecified atom stereocenters. The van der Waals surface area contributed by atoms with Crippen LogP contribution in [0.2, 0.25) is 5.02 Å². The van der Waals surface area contributed by atoms with Gasteiger partial charge in [-0.3, -0.25) is 5.32 Å². The molecule has 6 heteroatoms. The Morgan fingerprint density at radius 2 is 2.38 bits per heavy atom. The fourth-order valence-corrected chi connectivity index (χ4v) is 1.14. The number of nitrogens with one attached hydrogen (secondary N) is 1. The first-order chi connectivity index (χ1) is 7.67. The molecular formula is C10H9ClN2O3. The maximum absolute atomic E-state index is 11.1. The van der Waals surface area contributed by atoms with Crippen molar-refractivity contribution >= 4 is 23.4 Å². The van der Waals surface area contributed by atoms with Gasteiger partial charge in [-0.15, -0.1) is 0 Å². The summed E-state index contributed by atoms with van der Waals surface area (Å²) in [6, 6.07) is 6.39. The molecule has 0 aliphatic carbocycles. The Balaban J connectivity index is 2.73. The lowest BCUT2D eigenvalue weighted by atomic mass is 10.2. The molecule has 0 heterocycles. The SMILES string of the molecule is N#Cc1ccc(Cl)c(NC(=O)OCCO)c1. The summed E-state index contributed by atoms with van der Waals surface area (Å²) in [5, 5.41) is 19.8. The number of nitrogens with zero attached hydrogens (tertiary/aromatic N) is 1. The van der Waals surface area contributed by atoms with E-state index in [4.69, 9.17) is 22.0 Å². The number of carbonyl (C=O) groups is 1. The van der Waals surface area contributed by atoms with Crippen LogP contribution in [0.4, 0.5) is 10.5 Å². The number of hydrogen-bond acceptors (Lipinski definition) is 4. The highest BCUT2D eigenvalue weighted by atomic mass is 35.5. The van der Waals surface area contributed by atoms with Crippen molar-refractivity contribution in [3.8, 4) is 6.07 Å². The van der Waals surface area contributed by atoms with Gasteiger partial charge >= 0.3 is 6.09 Å². The van der Waals surface area contributed by atoms with Gasteiger partial charge in [0.1, 0.15) is 6.61 Å². The van der Waals surface area contributed by atoms with E-state index in [1.54, 1.807) is 0 Å². The van der Waals surface area contributed by atoms with Gasteiger partial charge in [-0.1, -0.05) is 11.6 Å². The Labute approximate surface area is 97.2 Å². The molecule has 1 aromatic rings. The summed E-state index contributed by atoms with van der Waals surface area (Å²) in [6.07, 6.45) is -0.731. The Morgan fingerprint density at radius 1 is 1.62 bits per heavy atom. The molecule has 16 heavy (non-hydrogen) atoms. The van der Waals surface area contributed by atoms with E-state index in [2.05, 4.69) is 10.1 Å². The topological polar surface area (TPSA) is 82.4 Å². The molecule has 2 N–H and O–H groups in total. The van der Waals surface area contributed by atoms with Crippen molar-refractivity contribution < 1.29 is 14.6 Å². The number of hydrogen-bond donors (Lipinski definition) is 2. The Kier molecular flexibility index (Phi) is 4.58. The third-order valence-corrected chi connectivity index (χ3v) is 1.99. The fourth-order valence-electron chi connectivity index (χ4n) is 0.975. The molecule has 0 atom stereocenters. The van der Waals surface area contributed by atoms with Crippen LogP contribution in [-0.2, 0) is 4.74 Å². The molecule has 0 saturated carbocycles. The molecular weight excluding hydrogens is 232 g/mol. The molecule has 0 spiro atoms. The molecule has 84 valence electrons. The Morgan fingerprint density at radius 3 is 3.00 bits per heavy atom. The third kappa shape index (κ3) is 3.42. The number of carbonyl (C=O) groups excluding carboxylic acids is 1. The minimum absolute atomic E-state index is 0.0958. The van der Waals surface area contributed by atoms with Crippen LogP contribution in [0.5, 0.6) is 0 Å². The van der Waals surface area contributed by atoms with Crippen LogP contribution in [0.25, 0.3) is 0 Å². The minimum Gasteiger partial charge on any atom is -0.447 e. The lowest BCUT2D eigenvalue weighted by Crippen LogP contribution is -2.16. The lowest BCUT2D eigenvalue weighted by molar-refractivity contribution is 0.131. The van der Waals surface area contributed by atoms with Crippen LogP contribution in [0, 0.1) is 11.3 Å². The van der Waals surface area contributed by atoms with Crippen LogP contribution < -0.4 is 5.32 Å². The highest BCUT2D eigenvalue weighted by molar-refractivity contribution is 6.33. The summed E-state index contributed by atoms with van der Waals surface area (Å²) in [5.74, 6) is 0. The van der Waals surface area contributed by atoms with Gasteiger partial charge in [0, 0.05) is 0 Å². The maximum Gasteiger partial charge on any atom is 0.411 e.